The summed E-state index contributed by atoms with van der Waals surface area (Å²) >= 11 is 0. The molecule has 0 atom stereocenters. The lowest BCUT2D eigenvalue weighted by Gasteiger charge is -2.13. The van der Waals surface area contributed by atoms with E-state index in [9.17, 15) is 4.79 Å². The molecule has 4 aromatic rings. The van der Waals surface area contributed by atoms with Crippen molar-refractivity contribution in [2.24, 2.45) is 0 Å². The predicted molar refractivity (Wildman–Crippen MR) is 112 cm³/mol. The van der Waals surface area contributed by atoms with Crippen molar-refractivity contribution in [3.8, 4) is 0 Å². The topological polar surface area (TPSA) is 92.9 Å². The third-order valence-electron chi connectivity index (χ3n) is 4.50. The van der Waals surface area contributed by atoms with Gasteiger partial charge in [0.05, 0.1) is 11.3 Å². The molecule has 0 saturated heterocycles. The summed E-state index contributed by atoms with van der Waals surface area (Å²) in [6, 6.07) is 12.9. The number of aromatic nitrogens is 3. The Hall–Kier alpha value is -3.74. The van der Waals surface area contributed by atoms with Crippen LogP contribution in [0.5, 0.6) is 0 Å². The molecule has 1 amide bonds. The Balaban J connectivity index is 1.61. The van der Waals surface area contributed by atoms with Gasteiger partial charge in [0, 0.05) is 46.5 Å². The fourth-order valence-electron chi connectivity index (χ4n) is 2.91. The number of anilines is 3. The van der Waals surface area contributed by atoms with Crippen molar-refractivity contribution in [2.45, 2.75) is 26.2 Å². The van der Waals surface area contributed by atoms with Crippen LogP contribution in [0.1, 0.15) is 36.8 Å². The molecule has 3 heterocycles. The van der Waals surface area contributed by atoms with Crippen molar-refractivity contribution in [1.29, 1.82) is 0 Å². The molecule has 0 aliphatic carbocycles. The van der Waals surface area contributed by atoms with E-state index in [1.54, 1.807) is 36.8 Å². The zero-order chi connectivity index (χ0) is 20.4. The predicted octanol–water partition coefficient (Wildman–Crippen LogP) is 4.91. The lowest BCUT2D eigenvalue weighted by molar-refractivity contribution is 0.102. The van der Waals surface area contributed by atoms with Crippen LogP contribution in [-0.2, 0) is 5.41 Å². The number of fused-ring (bicyclic) bond motifs is 1. The van der Waals surface area contributed by atoms with E-state index in [2.05, 4.69) is 25.8 Å². The molecule has 0 saturated carbocycles. The first-order valence-corrected chi connectivity index (χ1v) is 9.25. The molecule has 0 aliphatic rings. The van der Waals surface area contributed by atoms with Gasteiger partial charge in [0.25, 0.3) is 5.91 Å². The van der Waals surface area contributed by atoms with Crippen molar-refractivity contribution in [3.63, 3.8) is 0 Å². The third kappa shape index (κ3) is 3.94. The number of nitrogens with zero attached hydrogens (tertiary/aromatic N) is 3. The summed E-state index contributed by atoms with van der Waals surface area (Å²) in [6.07, 6.45) is 5.16. The Labute approximate surface area is 168 Å². The third-order valence-corrected chi connectivity index (χ3v) is 4.50. The van der Waals surface area contributed by atoms with Gasteiger partial charge in [-0.05, 0) is 24.3 Å². The van der Waals surface area contributed by atoms with Crippen LogP contribution in [-0.4, -0.2) is 21.0 Å². The average Bonchev–Trinajstić information content (AvgIpc) is 3.18. The van der Waals surface area contributed by atoms with Crippen molar-refractivity contribution in [3.05, 3.63) is 72.3 Å². The Kier molecular flexibility index (Phi) is 4.72. The quantitative estimate of drug-likeness (QED) is 0.517. The first-order chi connectivity index (χ1) is 13.9. The summed E-state index contributed by atoms with van der Waals surface area (Å²) in [5.41, 5.74) is 1.83. The van der Waals surface area contributed by atoms with Crippen molar-refractivity contribution in [1.82, 2.24) is 15.1 Å². The van der Waals surface area contributed by atoms with Crippen molar-refractivity contribution >= 4 is 34.1 Å². The van der Waals surface area contributed by atoms with Gasteiger partial charge in [0.15, 0.2) is 0 Å². The maximum Gasteiger partial charge on any atom is 0.261 e. The molecule has 29 heavy (non-hydrogen) atoms. The molecule has 7 heteroatoms. The van der Waals surface area contributed by atoms with Crippen LogP contribution in [0, 0.1) is 0 Å². The van der Waals surface area contributed by atoms with Crippen LogP contribution in [0.15, 0.2) is 65.6 Å². The Morgan fingerprint density at radius 3 is 2.72 bits per heavy atom. The minimum atomic E-state index is -0.334. The number of hydrogen-bond acceptors (Lipinski definition) is 6. The fraction of sp³-hybridized carbons (Fsp3) is 0.182. The molecule has 2 N–H and O–H groups in total. The second-order valence-electron chi connectivity index (χ2n) is 7.71. The van der Waals surface area contributed by atoms with E-state index >= 15 is 0 Å². The summed E-state index contributed by atoms with van der Waals surface area (Å²) in [5, 5.41) is 12.0. The normalized spacial score (nSPS) is 11.4. The van der Waals surface area contributed by atoms with Crippen LogP contribution in [0.3, 0.4) is 0 Å². The second kappa shape index (κ2) is 7.35. The number of rotatable bonds is 4. The van der Waals surface area contributed by atoms with Gasteiger partial charge in [0.2, 0.25) is 5.88 Å². The summed E-state index contributed by atoms with van der Waals surface area (Å²) in [7, 11) is 0. The van der Waals surface area contributed by atoms with Gasteiger partial charge in [-0.2, -0.15) is 0 Å². The number of hydrogen-bond donors (Lipinski definition) is 2. The standard InChI is InChI=1S/C22H21N5O2/c1-22(2,3)18-12-19(29-27-18)26-21(28)16-7-5-10-24-20(16)25-17-8-4-6-14-13-23-11-9-15(14)17/h4-13H,1-3H3,(H,24,25)(H,26,28). The minimum Gasteiger partial charge on any atom is -0.339 e. The molecular weight excluding hydrogens is 366 g/mol. The monoisotopic (exact) mass is 387 g/mol. The van der Waals surface area contributed by atoms with E-state index in [1.165, 1.54) is 0 Å². The molecule has 4 rings (SSSR count). The molecule has 0 fully saturated rings. The highest BCUT2D eigenvalue weighted by molar-refractivity contribution is 6.08. The highest BCUT2D eigenvalue weighted by atomic mass is 16.5. The van der Waals surface area contributed by atoms with E-state index in [0.29, 0.717) is 17.3 Å². The summed E-state index contributed by atoms with van der Waals surface area (Å²) in [4.78, 5) is 21.4. The van der Waals surface area contributed by atoms with E-state index in [-0.39, 0.29) is 11.3 Å². The zero-order valence-corrected chi connectivity index (χ0v) is 16.4. The van der Waals surface area contributed by atoms with E-state index < -0.39 is 0 Å². The Morgan fingerprint density at radius 2 is 1.93 bits per heavy atom. The van der Waals surface area contributed by atoms with E-state index in [4.69, 9.17) is 4.52 Å². The number of pyridine rings is 2. The number of amides is 1. The van der Waals surface area contributed by atoms with Gasteiger partial charge in [-0.3, -0.25) is 15.1 Å². The second-order valence-corrected chi connectivity index (χ2v) is 7.71. The molecule has 0 bridgehead atoms. The molecule has 1 aromatic carbocycles. The van der Waals surface area contributed by atoms with Crippen LogP contribution >= 0.6 is 0 Å². The van der Waals surface area contributed by atoms with Crippen LogP contribution < -0.4 is 10.6 Å². The van der Waals surface area contributed by atoms with Gasteiger partial charge in [0.1, 0.15) is 5.82 Å². The highest BCUT2D eigenvalue weighted by Gasteiger charge is 2.21. The number of nitrogens with one attached hydrogen (secondary N) is 2. The van der Waals surface area contributed by atoms with Crippen molar-refractivity contribution in [2.75, 3.05) is 10.6 Å². The first kappa shape index (κ1) is 18.6. The molecule has 0 unspecified atom stereocenters. The Morgan fingerprint density at radius 1 is 1.07 bits per heavy atom. The number of carbonyl (C=O) groups excluding carboxylic acids is 1. The molecule has 0 spiro atoms. The lowest BCUT2D eigenvalue weighted by Crippen LogP contribution is -2.14. The summed E-state index contributed by atoms with van der Waals surface area (Å²) in [5.74, 6) is 0.412. The zero-order valence-electron chi connectivity index (χ0n) is 16.4. The smallest absolute Gasteiger partial charge is 0.261 e. The minimum absolute atomic E-state index is 0.170. The van der Waals surface area contributed by atoms with Crippen LogP contribution in [0.2, 0.25) is 0 Å². The summed E-state index contributed by atoms with van der Waals surface area (Å²) in [6.45, 7) is 6.08. The summed E-state index contributed by atoms with van der Waals surface area (Å²) < 4.78 is 5.27. The Bertz CT molecular complexity index is 1170. The lowest BCUT2D eigenvalue weighted by atomic mass is 9.92. The van der Waals surface area contributed by atoms with Gasteiger partial charge >= 0.3 is 0 Å². The van der Waals surface area contributed by atoms with Gasteiger partial charge < -0.3 is 9.84 Å². The SMILES string of the molecule is CC(C)(C)c1cc(NC(=O)c2cccnc2Nc2cccc3cnccc23)on1. The largest absolute Gasteiger partial charge is 0.339 e. The number of benzene rings is 1. The molecule has 146 valence electrons. The average molecular weight is 387 g/mol. The van der Waals surface area contributed by atoms with Crippen LogP contribution in [0.25, 0.3) is 10.8 Å². The first-order valence-electron chi connectivity index (χ1n) is 9.25. The maximum atomic E-state index is 12.9. The maximum absolute atomic E-state index is 12.9. The van der Waals surface area contributed by atoms with E-state index in [1.807, 2.05) is 45.0 Å². The van der Waals surface area contributed by atoms with Crippen LogP contribution in [0.4, 0.5) is 17.4 Å². The number of carbonyl (C=O) groups is 1. The molecular formula is C22H21N5O2. The van der Waals surface area contributed by atoms with Gasteiger partial charge in [-0.1, -0.05) is 38.1 Å². The molecule has 3 aromatic heterocycles. The molecule has 0 radical (unpaired) electrons. The van der Waals surface area contributed by atoms with Gasteiger partial charge in [-0.25, -0.2) is 4.98 Å². The fourth-order valence-corrected chi connectivity index (χ4v) is 2.91. The van der Waals surface area contributed by atoms with Crippen molar-refractivity contribution < 1.29 is 9.32 Å². The molecule has 0 aliphatic heterocycles. The molecule has 7 nitrogen and oxygen atoms in total. The van der Waals surface area contributed by atoms with E-state index in [0.717, 1.165) is 22.2 Å². The van der Waals surface area contributed by atoms with Gasteiger partial charge in [-0.15, -0.1) is 0 Å². The highest BCUT2D eigenvalue weighted by Crippen LogP contribution is 2.27.